The van der Waals surface area contributed by atoms with Gasteiger partial charge in [-0.3, -0.25) is 5.32 Å². The minimum absolute atomic E-state index is 0.275. The van der Waals surface area contributed by atoms with Crippen molar-refractivity contribution in [1.82, 2.24) is 10.3 Å². The maximum Gasteiger partial charge on any atom is 0.110 e. The molecule has 1 aromatic rings. The van der Waals surface area contributed by atoms with E-state index in [1.54, 1.807) is 11.3 Å². The molecule has 70 valence electrons. The Kier molecular flexibility index (Phi) is 4.43. The first-order valence-electron chi connectivity index (χ1n) is 3.98. The van der Waals surface area contributed by atoms with Gasteiger partial charge in [-0.15, -0.1) is 17.3 Å². The summed E-state index contributed by atoms with van der Waals surface area (Å²) in [6, 6.07) is 0.275. The van der Waals surface area contributed by atoms with Crippen LogP contribution in [-0.4, -0.2) is 11.5 Å². The molecule has 2 nitrogen and oxygen atoms in total. The molecule has 0 amide bonds. The van der Waals surface area contributed by atoms with Crippen LogP contribution in [0.15, 0.2) is 9.98 Å². The van der Waals surface area contributed by atoms with E-state index in [2.05, 4.69) is 45.0 Å². The molecular formula is C9H11BrN2S. The van der Waals surface area contributed by atoms with Gasteiger partial charge in [-0.05, 0) is 29.8 Å². The highest BCUT2D eigenvalue weighted by atomic mass is 79.9. The number of rotatable bonds is 3. The molecule has 0 saturated carbocycles. The maximum absolute atomic E-state index is 4.26. The summed E-state index contributed by atoms with van der Waals surface area (Å²) in [6.07, 6.45) is 1.82. The molecule has 0 saturated heterocycles. The van der Waals surface area contributed by atoms with Crippen molar-refractivity contribution in [2.45, 2.75) is 19.9 Å². The zero-order valence-corrected chi connectivity index (χ0v) is 10.00. The lowest BCUT2D eigenvalue weighted by molar-refractivity contribution is 0.619. The fraction of sp³-hybridized carbons (Fsp3) is 0.444. The summed E-state index contributed by atoms with van der Waals surface area (Å²) in [5, 5.41) is 4.35. The first kappa shape index (κ1) is 10.7. The van der Waals surface area contributed by atoms with Crippen LogP contribution in [0.5, 0.6) is 0 Å². The predicted molar refractivity (Wildman–Crippen MR) is 59.7 cm³/mol. The number of hydrogen-bond acceptors (Lipinski definition) is 3. The average Bonchev–Trinajstić information content (AvgIpc) is 2.52. The summed E-state index contributed by atoms with van der Waals surface area (Å²) in [5.41, 5.74) is 0. The van der Waals surface area contributed by atoms with Crippen molar-refractivity contribution in [3.8, 4) is 11.8 Å². The van der Waals surface area contributed by atoms with E-state index < -0.39 is 0 Å². The SMILES string of the molecule is CC#CCNC(C)c1ncc(Br)s1. The zero-order chi connectivity index (χ0) is 9.68. The van der Waals surface area contributed by atoms with Crippen molar-refractivity contribution in [1.29, 1.82) is 0 Å². The largest absolute Gasteiger partial charge is 0.297 e. The van der Waals surface area contributed by atoms with Gasteiger partial charge in [0.25, 0.3) is 0 Å². The Labute approximate surface area is 90.9 Å². The van der Waals surface area contributed by atoms with Gasteiger partial charge in [0, 0.05) is 0 Å². The molecule has 1 unspecified atom stereocenters. The number of hydrogen-bond donors (Lipinski definition) is 1. The van der Waals surface area contributed by atoms with Crippen molar-refractivity contribution in [2.24, 2.45) is 0 Å². The second-order valence-corrected chi connectivity index (χ2v) is 4.97. The van der Waals surface area contributed by atoms with Gasteiger partial charge in [-0.1, -0.05) is 5.92 Å². The lowest BCUT2D eigenvalue weighted by atomic mass is 10.3. The van der Waals surface area contributed by atoms with E-state index in [0.29, 0.717) is 0 Å². The van der Waals surface area contributed by atoms with Crippen LogP contribution >= 0.6 is 27.3 Å². The molecule has 1 N–H and O–H groups in total. The van der Waals surface area contributed by atoms with Crippen molar-refractivity contribution >= 4 is 27.3 Å². The quantitative estimate of drug-likeness (QED) is 0.844. The van der Waals surface area contributed by atoms with Crippen LogP contribution in [0.2, 0.25) is 0 Å². The topological polar surface area (TPSA) is 24.9 Å². The van der Waals surface area contributed by atoms with Crippen molar-refractivity contribution < 1.29 is 0 Å². The van der Waals surface area contributed by atoms with Crippen molar-refractivity contribution in [3.63, 3.8) is 0 Å². The van der Waals surface area contributed by atoms with E-state index in [9.17, 15) is 0 Å². The maximum atomic E-state index is 4.26. The number of thiazole rings is 1. The van der Waals surface area contributed by atoms with Crippen LogP contribution in [0.4, 0.5) is 0 Å². The molecule has 1 aromatic heterocycles. The monoisotopic (exact) mass is 258 g/mol. The van der Waals surface area contributed by atoms with E-state index in [-0.39, 0.29) is 6.04 Å². The fourth-order valence-corrected chi connectivity index (χ4v) is 2.12. The second kappa shape index (κ2) is 5.38. The summed E-state index contributed by atoms with van der Waals surface area (Å²) in [4.78, 5) is 4.26. The van der Waals surface area contributed by atoms with Crippen LogP contribution in [0, 0.1) is 11.8 Å². The predicted octanol–water partition coefficient (Wildman–Crippen LogP) is 2.58. The minimum Gasteiger partial charge on any atom is -0.297 e. The van der Waals surface area contributed by atoms with E-state index >= 15 is 0 Å². The first-order valence-corrected chi connectivity index (χ1v) is 5.59. The van der Waals surface area contributed by atoms with Crippen LogP contribution in [-0.2, 0) is 0 Å². The van der Waals surface area contributed by atoms with E-state index in [4.69, 9.17) is 0 Å². The molecule has 0 aromatic carbocycles. The highest BCUT2D eigenvalue weighted by molar-refractivity contribution is 9.11. The molecule has 0 radical (unpaired) electrons. The Morgan fingerprint density at radius 2 is 2.54 bits per heavy atom. The Morgan fingerprint density at radius 3 is 3.08 bits per heavy atom. The van der Waals surface area contributed by atoms with Crippen molar-refractivity contribution in [2.75, 3.05) is 6.54 Å². The van der Waals surface area contributed by atoms with E-state index in [1.165, 1.54) is 0 Å². The van der Waals surface area contributed by atoms with Crippen molar-refractivity contribution in [3.05, 3.63) is 15.0 Å². The van der Waals surface area contributed by atoms with Gasteiger partial charge >= 0.3 is 0 Å². The zero-order valence-electron chi connectivity index (χ0n) is 7.60. The van der Waals surface area contributed by atoms with Crippen LogP contribution in [0.1, 0.15) is 24.9 Å². The molecule has 4 heteroatoms. The molecule has 1 rings (SSSR count). The molecule has 13 heavy (non-hydrogen) atoms. The Bertz CT molecular complexity index is 324. The van der Waals surface area contributed by atoms with Crippen LogP contribution in [0.25, 0.3) is 0 Å². The third-order valence-electron chi connectivity index (χ3n) is 1.54. The summed E-state index contributed by atoms with van der Waals surface area (Å²) >= 11 is 5.03. The van der Waals surface area contributed by atoms with Crippen LogP contribution in [0.3, 0.4) is 0 Å². The molecule has 1 atom stereocenters. The average molecular weight is 259 g/mol. The molecule has 0 aliphatic heterocycles. The summed E-state index contributed by atoms with van der Waals surface area (Å²) in [6.45, 7) is 4.64. The lowest BCUT2D eigenvalue weighted by Gasteiger charge is -2.06. The number of aromatic nitrogens is 1. The molecular weight excluding hydrogens is 248 g/mol. The third-order valence-corrected chi connectivity index (χ3v) is 3.20. The first-order chi connectivity index (χ1) is 6.24. The van der Waals surface area contributed by atoms with Gasteiger partial charge in [0.1, 0.15) is 5.01 Å². The Hall–Kier alpha value is -0.370. The molecule has 0 bridgehead atoms. The van der Waals surface area contributed by atoms with Gasteiger partial charge in [0.05, 0.1) is 22.6 Å². The normalized spacial score (nSPS) is 11.9. The van der Waals surface area contributed by atoms with Gasteiger partial charge in [0.15, 0.2) is 0 Å². The summed E-state index contributed by atoms with van der Waals surface area (Å²) in [7, 11) is 0. The standard InChI is InChI=1S/C9H11BrN2S/c1-3-4-5-11-7(2)9-12-6-8(10)13-9/h6-7,11H,5H2,1-2H3. The molecule has 0 aliphatic carbocycles. The van der Waals surface area contributed by atoms with Crippen LogP contribution < -0.4 is 5.32 Å². The third kappa shape index (κ3) is 3.47. The summed E-state index contributed by atoms with van der Waals surface area (Å²) < 4.78 is 1.07. The Balaban J connectivity index is 2.47. The lowest BCUT2D eigenvalue weighted by Crippen LogP contribution is -2.18. The van der Waals surface area contributed by atoms with E-state index in [0.717, 1.165) is 15.3 Å². The minimum atomic E-state index is 0.275. The highest BCUT2D eigenvalue weighted by Crippen LogP contribution is 2.23. The Morgan fingerprint density at radius 1 is 1.77 bits per heavy atom. The smallest absolute Gasteiger partial charge is 0.110 e. The van der Waals surface area contributed by atoms with E-state index in [1.807, 2.05) is 13.1 Å². The van der Waals surface area contributed by atoms with Gasteiger partial charge in [-0.25, -0.2) is 4.98 Å². The van der Waals surface area contributed by atoms with Gasteiger partial charge in [-0.2, -0.15) is 0 Å². The molecule has 1 heterocycles. The second-order valence-electron chi connectivity index (χ2n) is 2.53. The van der Waals surface area contributed by atoms with Gasteiger partial charge in [0.2, 0.25) is 0 Å². The molecule has 0 fully saturated rings. The number of halogens is 1. The van der Waals surface area contributed by atoms with Gasteiger partial charge < -0.3 is 0 Å². The molecule has 0 spiro atoms. The highest BCUT2D eigenvalue weighted by Gasteiger charge is 2.07. The fourth-order valence-electron chi connectivity index (χ4n) is 0.847. The summed E-state index contributed by atoms with van der Waals surface area (Å²) in [5.74, 6) is 5.80. The number of nitrogens with one attached hydrogen (secondary N) is 1. The molecule has 0 aliphatic rings. The number of nitrogens with zero attached hydrogens (tertiary/aromatic N) is 1.